The van der Waals surface area contributed by atoms with Crippen molar-refractivity contribution in [1.82, 2.24) is 5.32 Å². The van der Waals surface area contributed by atoms with E-state index in [1.165, 1.54) is 5.56 Å². The van der Waals surface area contributed by atoms with Crippen LogP contribution in [0.1, 0.15) is 25.5 Å². The minimum Gasteiger partial charge on any atom is -0.389 e. The summed E-state index contributed by atoms with van der Waals surface area (Å²) in [6.45, 7) is 5.54. The number of hydrogen-bond donors (Lipinski definition) is 2. The summed E-state index contributed by atoms with van der Waals surface area (Å²) >= 11 is 3.52. The molecule has 0 bridgehead atoms. The van der Waals surface area contributed by atoms with Crippen LogP contribution < -0.4 is 5.32 Å². The Hall–Kier alpha value is -0.420. The molecule has 2 N–H and O–H groups in total. The number of hydrogen-bond acceptors (Lipinski definition) is 3. The third kappa shape index (κ3) is 5.17. The van der Waals surface area contributed by atoms with Crippen LogP contribution in [0.25, 0.3) is 0 Å². The van der Waals surface area contributed by atoms with Gasteiger partial charge >= 0.3 is 0 Å². The molecule has 0 saturated heterocycles. The topological polar surface area (TPSA) is 41.5 Å². The molecule has 0 amide bonds. The van der Waals surface area contributed by atoms with Crippen LogP contribution in [0.2, 0.25) is 0 Å². The average Bonchev–Trinajstić information content (AvgIpc) is 2.34. The Labute approximate surface area is 111 Å². The van der Waals surface area contributed by atoms with Crippen molar-refractivity contribution in [3.63, 3.8) is 0 Å². The number of benzene rings is 1. The van der Waals surface area contributed by atoms with E-state index in [0.717, 1.165) is 4.47 Å². The first kappa shape index (κ1) is 14.6. The smallest absolute Gasteiger partial charge is 0.0897 e. The number of aliphatic hydroxyl groups is 1. The minimum atomic E-state index is -0.458. The quantitative estimate of drug-likeness (QED) is 0.813. The second kappa shape index (κ2) is 7.82. The molecule has 0 heterocycles. The lowest BCUT2D eigenvalue weighted by Gasteiger charge is -2.18. The van der Waals surface area contributed by atoms with Crippen LogP contribution in [0.3, 0.4) is 0 Å². The van der Waals surface area contributed by atoms with E-state index >= 15 is 0 Å². The highest BCUT2D eigenvalue weighted by molar-refractivity contribution is 9.10. The predicted molar refractivity (Wildman–Crippen MR) is 73.1 cm³/mol. The summed E-state index contributed by atoms with van der Waals surface area (Å²) in [6, 6.07) is 8.28. The maximum Gasteiger partial charge on any atom is 0.0897 e. The van der Waals surface area contributed by atoms with Gasteiger partial charge < -0.3 is 15.2 Å². The Kier molecular flexibility index (Phi) is 6.73. The molecular formula is C13H20BrNO2. The number of aliphatic hydroxyl groups excluding tert-OH is 1. The van der Waals surface area contributed by atoms with Crippen LogP contribution in [0.15, 0.2) is 28.7 Å². The van der Waals surface area contributed by atoms with E-state index in [9.17, 15) is 5.11 Å². The lowest BCUT2D eigenvalue weighted by Crippen LogP contribution is -2.32. The van der Waals surface area contributed by atoms with Crippen LogP contribution >= 0.6 is 15.9 Å². The van der Waals surface area contributed by atoms with Crippen molar-refractivity contribution < 1.29 is 9.84 Å². The average molecular weight is 302 g/mol. The van der Waals surface area contributed by atoms with Gasteiger partial charge in [0.2, 0.25) is 0 Å². The Morgan fingerprint density at radius 1 is 1.41 bits per heavy atom. The van der Waals surface area contributed by atoms with E-state index < -0.39 is 6.10 Å². The Morgan fingerprint density at radius 2 is 2.12 bits per heavy atom. The summed E-state index contributed by atoms with van der Waals surface area (Å²) in [7, 11) is 0. The molecule has 0 aromatic heterocycles. The van der Waals surface area contributed by atoms with Gasteiger partial charge in [0.1, 0.15) is 0 Å². The van der Waals surface area contributed by atoms with Crippen LogP contribution in [0.4, 0.5) is 0 Å². The molecule has 1 aromatic rings. The minimum absolute atomic E-state index is 0.196. The molecule has 1 rings (SSSR count). The van der Waals surface area contributed by atoms with Crippen LogP contribution in [-0.2, 0) is 4.74 Å². The first-order chi connectivity index (χ1) is 8.15. The second-order valence-electron chi connectivity index (χ2n) is 3.96. The fourth-order valence-corrected chi connectivity index (χ4v) is 2.19. The molecule has 17 heavy (non-hydrogen) atoms. The third-order valence-electron chi connectivity index (χ3n) is 2.55. The van der Waals surface area contributed by atoms with Gasteiger partial charge in [-0.1, -0.05) is 34.1 Å². The summed E-state index contributed by atoms with van der Waals surface area (Å²) in [5, 5.41) is 12.9. The van der Waals surface area contributed by atoms with Gasteiger partial charge in [-0.15, -0.1) is 0 Å². The molecule has 0 radical (unpaired) electrons. The van der Waals surface area contributed by atoms with Gasteiger partial charge in [0, 0.05) is 23.7 Å². The van der Waals surface area contributed by atoms with E-state index in [-0.39, 0.29) is 6.04 Å². The fourth-order valence-electron chi connectivity index (χ4n) is 1.56. The van der Waals surface area contributed by atoms with Crippen LogP contribution in [-0.4, -0.2) is 31.0 Å². The molecule has 4 heteroatoms. The van der Waals surface area contributed by atoms with Gasteiger partial charge in [0.15, 0.2) is 0 Å². The number of halogens is 1. The molecule has 0 fully saturated rings. The van der Waals surface area contributed by atoms with E-state index in [4.69, 9.17) is 4.74 Å². The molecule has 96 valence electrons. The standard InChI is InChI=1S/C13H20BrNO2/c1-3-17-9-11(16)8-15-10(2)12-6-4-5-7-13(12)14/h4-7,10-11,15-16H,3,8-9H2,1-2H3/t10-,11?/m1/s1. The van der Waals surface area contributed by atoms with Crippen LogP contribution in [0.5, 0.6) is 0 Å². The summed E-state index contributed by atoms with van der Waals surface area (Å²) < 4.78 is 6.24. The highest BCUT2D eigenvalue weighted by Gasteiger charge is 2.10. The fraction of sp³-hybridized carbons (Fsp3) is 0.538. The van der Waals surface area contributed by atoms with Gasteiger partial charge in [0.05, 0.1) is 12.7 Å². The van der Waals surface area contributed by atoms with Crippen molar-refractivity contribution >= 4 is 15.9 Å². The molecular weight excluding hydrogens is 282 g/mol. The molecule has 0 aliphatic rings. The zero-order valence-corrected chi connectivity index (χ0v) is 11.9. The van der Waals surface area contributed by atoms with E-state index in [1.807, 2.05) is 25.1 Å². The molecule has 2 atom stereocenters. The van der Waals surface area contributed by atoms with Crippen molar-refractivity contribution in [1.29, 1.82) is 0 Å². The zero-order chi connectivity index (χ0) is 12.7. The third-order valence-corrected chi connectivity index (χ3v) is 3.27. The zero-order valence-electron chi connectivity index (χ0n) is 10.3. The molecule has 0 spiro atoms. The summed E-state index contributed by atoms with van der Waals surface area (Å²) in [6.07, 6.45) is -0.458. The van der Waals surface area contributed by atoms with Crippen molar-refractivity contribution in [2.45, 2.75) is 26.0 Å². The summed E-state index contributed by atoms with van der Waals surface area (Å²) in [5.41, 5.74) is 1.19. The van der Waals surface area contributed by atoms with Gasteiger partial charge in [-0.05, 0) is 25.5 Å². The number of rotatable bonds is 7. The maximum atomic E-state index is 9.65. The van der Waals surface area contributed by atoms with Gasteiger partial charge in [-0.2, -0.15) is 0 Å². The summed E-state index contributed by atoms with van der Waals surface area (Å²) in [5.74, 6) is 0. The lowest BCUT2D eigenvalue weighted by molar-refractivity contribution is 0.0416. The van der Waals surface area contributed by atoms with Crippen molar-refractivity contribution in [2.24, 2.45) is 0 Å². The first-order valence-corrected chi connectivity index (χ1v) is 6.68. The SMILES string of the molecule is CCOCC(O)CN[C@H](C)c1ccccc1Br. The molecule has 1 aromatic carbocycles. The molecule has 0 aliphatic carbocycles. The number of nitrogens with one attached hydrogen (secondary N) is 1. The summed E-state index contributed by atoms with van der Waals surface area (Å²) in [4.78, 5) is 0. The Bertz CT molecular complexity index is 333. The second-order valence-corrected chi connectivity index (χ2v) is 4.82. The van der Waals surface area contributed by atoms with Crippen molar-refractivity contribution in [3.8, 4) is 0 Å². The maximum absolute atomic E-state index is 9.65. The van der Waals surface area contributed by atoms with Gasteiger partial charge in [-0.3, -0.25) is 0 Å². The van der Waals surface area contributed by atoms with Gasteiger partial charge in [0.25, 0.3) is 0 Å². The van der Waals surface area contributed by atoms with E-state index in [2.05, 4.69) is 34.2 Å². The Balaban J connectivity index is 2.39. The number of ether oxygens (including phenoxy) is 1. The molecule has 0 aliphatic heterocycles. The lowest BCUT2D eigenvalue weighted by atomic mass is 10.1. The van der Waals surface area contributed by atoms with Crippen molar-refractivity contribution in [3.05, 3.63) is 34.3 Å². The first-order valence-electron chi connectivity index (χ1n) is 5.88. The molecule has 0 saturated carbocycles. The largest absolute Gasteiger partial charge is 0.389 e. The van der Waals surface area contributed by atoms with Crippen LogP contribution in [0, 0.1) is 0 Å². The molecule has 1 unspecified atom stereocenters. The monoisotopic (exact) mass is 301 g/mol. The van der Waals surface area contributed by atoms with E-state index in [0.29, 0.717) is 19.8 Å². The molecule has 3 nitrogen and oxygen atoms in total. The normalized spacial score (nSPS) is 14.6. The highest BCUT2D eigenvalue weighted by atomic mass is 79.9. The van der Waals surface area contributed by atoms with Gasteiger partial charge in [-0.25, -0.2) is 0 Å². The van der Waals surface area contributed by atoms with E-state index in [1.54, 1.807) is 0 Å². The Morgan fingerprint density at radius 3 is 2.76 bits per heavy atom. The van der Waals surface area contributed by atoms with Crippen molar-refractivity contribution in [2.75, 3.05) is 19.8 Å². The predicted octanol–water partition coefficient (Wildman–Crippen LogP) is 2.50. The highest BCUT2D eigenvalue weighted by Crippen LogP contribution is 2.22.